The second-order valence-corrected chi connectivity index (χ2v) is 5.01. The largest absolute Gasteiger partial charge is 0.370 e. The van der Waals surface area contributed by atoms with Gasteiger partial charge in [-0.25, -0.2) is 4.39 Å². The van der Waals surface area contributed by atoms with Crippen LogP contribution >= 0.6 is 23.2 Å². The van der Waals surface area contributed by atoms with Gasteiger partial charge in [0.25, 0.3) is 0 Å². The first-order valence-corrected chi connectivity index (χ1v) is 6.52. The Morgan fingerprint density at radius 3 is 2.89 bits per heavy atom. The van der Waals surface area contributed by atoms with Gasteiger partial charge in [0.05, 0.1) is 24.7 Å². The number of hydrogen-bond acceptors (Lipinski definition) is 3. The van der Waals surface area contributed by atoms with Gasteiger partial charge in [-0.05, 0) is 12.1 Å². The zero-order valence-corrected chi connectivity index (χ0v) is 11.5. The molecular formula is C12H13Cl2FN2O2. The number of hydrogen-bond donors (Lipinski definition) is 1. The van der Waals surface area contributed by atoms with Crippen LogP contribution in [0.25, 0.3) is 0 Å². The van der Waals surface area contributed by atoms with Crippen LogP contribution in [0.1, 0.15) is 11.7 Å². The maximum Gasteiger partial charge on any atom is 0.236 e. The molecule has 1 aliphatic rings. The highest BCUT2D eigenvalue weighted by molar-refractivity contribution is 6.35. The number of rotatable bonds is 2. The van der Waals surface area contributed by atoms with E-state index in [2.05, 4.69) is 0 Å². The molecule has 0 bridgehead atoms. The van der Waals surface area contributed by atoms with Crippen molar-refractivity contribution in [2.75, 3.05) is 26.2 Å². The molecule has 1 aromatic rings. The third-order valence-electron chi connectivity index (χ3n) is 2.98. The van der Waals surface area contributed by atoms with Crippen LogP contribution in [-0.4, -0.2) is 37.0 Å². The van der Waals surface area contributed by atoms with Crippen molar-refractivity contribution in [2.45, 2.75) is 6.10 Å². The third kappa shape index (κ3) is 3.17. The van der Waals surface area contributed by atoms with Crippen LogP contribution in [0.5, 0.6) is 0 Å². The van der Waals surface area contributed by atoms with Crippen molar-refractivity contribution in [1.29, 1.82) is 0 Å². The van der Waals surface area contributed by atoms with E-state index in [1.54, 1.807) is 4.90 Å². The van der Waals surface area contributed by atoms with Crippen LogP contribution in [0.4, 0.5) is 4.39 Å². The molecule has 0 aliphatic carbocycles. The summed E-state index contributed by atoms with van der Waals surface area (Å²) >= 11 is 11.7. The minimum absolute atomic E-state index is 0.0422. The van der Waals surface area contributed by atoms with Crippen molar-refractivity contribution in [3.05, 3.63) is 33.6 Å². The molecule has 1 saturated heterocycles. The fourth-order valence-corrected chi connectivity index (χ4v) is 2.48. The number of ether oxygens (including phenoxy) is 1. The summed E-state index contributed by atoms with van der Waals surface area (Å²) in [6.45, 7) is 1.07. The number of amides is 1. The molecule has 0 radical (unpaired) electrons. The van der Waals surface area contributed by atoms with Gasteiger partial charge in [0, 0.05) is 17.1 Å². The number of carbonyl (C=O) groups excluding carboxylic acids is 1. The Kier molecular flexibility index (Phi) is 4.62. The number of carbonyl (C=O) groups is 1. The molecule has 0 aromatic heterocycles. The van der Waals surface area contributed by atoms with E-state index in [4.69, 9.17) is 33.7 Å². The lowest BCUT2D eigenvalue weighted by Crippen LogP contribution is -2.44. The molecule has 104 valence electrons. The quantitative estimate of drug-likeness (QED) is 0.850. The maximum absolute atomic E-state index is 13.5. The number of morpholine rings is 1. The molecule has 1 aromatic carbocycles. The highest BCUT2D eigenvalue weighted by Gasteiger charge is 2.26. The van der Waals surface area contributed by atoms with E-state index in [1.807, 2.05) is 0 Å². The van der Waals surface area contributed by atoms with Crippen molar-refractivity contribution in [3.8, 4) is 0 Å². The van der Waals surface area contributed by atoms with Crippen LogP contribution in [-0.2, 0) is 9.53 Å². The van der Waals surface area contributed by atoms with Gasteiger partial charge in [0.2, 0.25) is 5.91 Å². The van der Waals surface area contributed by atoms with E-state index in [-0.39, 0.29) is 17.5 Å². The van der Waals surface area contributed by atoms with E-state index in [9.17, 15) is 9.18 Å². The molecule has 4 nitrogen and oxygen atoms in total. The van der Waals surface area contributed by atoms with Crippen molar-refractivity contribution < 1.29 is 13.9 Å². The summed E-state index contributed by atoms with van der Waals surface area (Å²) in [7, 11) is 0. The summed E-state index contributed by atoms with van der Waals surface area (Å²) in [4.78, 5) is 13.1. The fraction of sp³-hybridized carbons (Fsp3) is 0.417. The highest BCUT2D eigenvalue weighted by atomic mass is 35.5. The van der Waals surface area contributed by atoms with Gasteiger partial charge in [-0.15, -0.1) is 0 Å². The van der Waals surface area contributed by atoms with Crippen LogP contribution in [0.2, 0.25) is 10.0 Å². The van der Waals surface area contributed by atoms with Gasteiger partial charge in [0.1, 0.15) is 11.9 Å². The summed E-state index contributed by atoms with van der Waals surface area (Å²) in [5, 5.41) is 0.276. The highest BCUT2D eigenvalue weighted by Crippen LogP contribution is 2.32. The van der Waals surface area contributed by atoms with E-state index in [1.165, 1.54) is 12.1 Å². The molecule has 1 aliphatic heterocycles. The van der Waals surface area contributed by atoms with Gasteiger partial charge in [-0.3, -0.25) is 4.79 Å². The molecule has 1 fully saturated rings. The van der Waals surface area contributed by atoms with Crippen LogP contribution in [0.15, 0.2) is 12.1 Å². The van der Waals surface area contributed by atoms with Crippen LogP contribution < -0.4 is 5.73 Å². The Labute approximate surface area is 120 Å². The standard InChI is InChI=1S/C12H13Cl2FN2O2/c13-8-4-9(14)10(15)3-7(8)11-6-17(1-2-19-11)12(18)5-16/h3-4,11H,1-2,5-6,16H2. The van der Waals surface area contributed by atoms with Crippen molar-refractivity contribution in [1.82, 2.24) is 4.90 Å². The Morgan fingerprint density at radius 1 is 1.47 bits per heavy atom. The molecule has 1 amide bonds. The van der Waals surface area contributed by atoms with Gasteiger partial charge in [-0.2, -0.15) is 0 Å². The number of nitrogens with zero attached hydrogens (tertiary/aromatic N) is 1. The van der Waals surface area contributed by atoms with E-state index in [0.29, 0.717) is 30.3 Å². The van der Waals surface area contributed by atoms with Crippen molar-refractivity contribution in [2.24, 2.45) is 5.73 Å². The summed E-state index contributed by atoms with van der Waals surface area (Å²) in [5.41, 5.74) is 5.81. The Bertz CT molecular complexity index is 499. The zero-order valence-electron chi connectivity index (χ0n) is 10.0. The molecule has 1 unspecified atom stereocenters. The van der Waals surface area contributed by atoms with E-state index in [0.717, 1.165) is 0 Å². The molecule has 1 heterocycles. The zero-order chi connectivity index (χ0) is 14.0. The Morgan fingerprint density at radius 2 is 2.21 bits per heavy atom. The van der Waals surface area contributed by atoms with E-state index < -0.39 is 11.9 Å². The molecule has 19 heavy (non-hydrogen) atoms. The average molecular weight is 307 g/mol. The predicted octanol–water partition coefficient (Wildman–Crippen LogP) is 1.99. The Hall–Kier alpha value is -0.880. The molecule has 2 rings (SSSR count). The van der Waals surface area contributed by atoms with E-state index >= 15 is 0 Å². The van der Waals surface area contributed by atoms with Gasteiger partial charge < -0.3 is 15.4 Å². The normalized spacial score (nSPS) is 19.6. The minimum atomic E-state index is -0.563. The summed E-state index contributed by atoms with van der Waals surface area (Å²) in [6.07, 6.45) is -0.469. The first-order chi connectivity index (χ1) is 9.02. The lowest BCUT2D eigenvalue weighted by atomic mass is 10.1. The van der Waals surface area contributed by atoms with Gasteiger partial charge in [-0.1, -0.05) is 23.2 Å². The number of benzene rings is 1. The lowest BCUT2D eigenvalue weighted by molar-refractivity contribution is -0.137. The number of halogens is 3. The van der Waals surface area contributed by atoms with Crippen LogP contribution in [0.3, 0.4) is 0 Å². The topological polar surface area (TPSA) is 55.6 Å². The van der Waals surface area contributed by atoms with Crippen molar-refractivity contribution >= 4 is 29.1 Å². The number of nitrogens with two attached hydrogens (primary N) is 1. The average Bonchev–Trinajstić information content (AvgIpc) is 2.42. The smallest absolute Gasteiger partial charge is 0.236 e. The molecular weight excluding hydrogens is 294 g/mol. The molecule has 0 saturated carbocycles. The summed E-state index contributed by atoms with van der Waals surface area (Å²) < 4.78 is 19.0. The fourth-order valence-electron chi connectivity index (χ4n) is 1.98. The second-order valence-electron chi connectivity index (χ2n) is 4.19. The van der Waals surface area contributed by atoms with Crippen LogP contribution in [0, 0.1) is 5.82 Å². The first-order valence-electron chi connectivity index (χ1n) is 5.76. The maximum atomic E-state index is 13.5. The minimum Gasteiger partial charge on any atom is -0.370 e. The molecule has 0 spiro atoms. The molecule has 7 heteroatoms. The van der Waals surface area contributed by atoms with Crippen molar-refractivity contribution in [3.63, 3.8) is 0 Å². The molecule has 2 N–H and O–H groups in total. The summed E-state index contributed by atoms with van der Waals surface area (Å²) in [6, 6.07) is 2.58. The molecule has 1 atom stereocenters. The predicted molar refractivity (Wildman–Crippen MR) is 70.7 cm³/mol. The SMILES string of the molecule is NCC(=O)N1CCOC(c2cc(F)c(Cl)cc2Cl)C1. The third-order valence-corrected chi connectivity index (χ3v) is 3.60. The monoisotopic (exact) mass is 306 g/mol. The summed E-state index contributed by atoms with van der Waals surface area (Å²) in [5.74, 6) is -0.731. The van der Waals surface area contributed by atoms with Gasteiger partial charge >= 0.3 is 0 Å². The lowest BCUT2D eigenvalue weighted by Gasteiger charge is -2.33. The van der Waals surface area contributed by atoms with Gasteiger partial charge in [0.15, 0.2) is 0 Å². The Balaban J connectivity index is 2.22. The first kappa shape index (κ1) is 14.5. The second kappa shape index (κ2) is 6.05.